The molecule has 0 bridgehead atoms. The van der Waals surface area contributed by atoms with E-state index in [1.807, 2.05) is 6.07 Å². The van der Waals surface area contributed by atoms with Gasteiger partial charge in [-0.3, -0.25) is 0 Å². The summed E-state index contributed by atoms with van der Waals surface area (Å²) < 4.78 is 5.11. The molecule has 0 spiro atoms. The fraction of sp³-hybridized carbons (Fsp3) is 0.100. The maximum atomic E-state index is 5.98. The highest BCUT2D eigenvalue weighted by molar-refractivity contribution is 6.36. The molecule has 1 aromatic heterocycles. The quantitative estimate of drug-likeness (QED) is 0.744. The Morgan fingerprint density at radius 1 is 1.21 bits per heavy atom. The molecule has 2 nitrogen and oxygen atoms in total. The first-order chi connectivity index (χ1) is 6.72. The summed E-state index contributed by atoms with van der Waals surface area (Å²) in [5, 5.41) is 2.95. The first-order valence-electron chi connectivity index (χ1n) is 4.00. The van der Waals surface area contributed by atoms with E-state index in [9.17, 15) is 0 Å². The molecule has 0 aliphatic rings. The van der Waals surface area contributed by atoms with Gasteiger partial charge in [-0.25, -0.2) is 4.98 Å². The number of nitrogens with zero attached hydrogens (tertiary/aromatic N) is 1. The lowest BCUT2D eigenvalue weighted by Gasteiger charge is -2.05. The zero-order chi connectivity index (χ0) is 10.1. The highest BCUT2D eigenvalue weighted by Gasteiger charge is 2.06. The van der Waals surface area contributed by atoms with Crippen LogP contribution >= 0.6 is 23.2 Å². The van der Waals surface area contributed by atoms with Gasteiger partial charge in [-0.1, -0.05) is 29.3 Å². The first-order valence-corrected chi connectivity index (χ1v) is 4.75. The molecule has 0 N–H and O–H groups in total. The highest BCUT2D eigenvalue weighted by atomic mass is 35.5. The van der Waals surface area contributed by atoms with E-state index in [0.29, 0.717) is 15.9 Å². The molecule has 0 unspecified atom stereocenters. The Morgan fingerprint density at radius 2 is 2.00 bits per heavy atom. The predicted molar refractivity (Wildman–Crippen MR) is 58.3 cm³/mol. The molecule has 14 heavy (non-hydrogen) atoms. The second-order valence-corrected chi connectivity index (χ2v) is 3.65. The molecule has 2 rings (SSSR count). The summed E-state index contributed by atoms with van der Waals surface area (Å²) in [6, 6.07) is 5.42. The van der Waals surface area contributed by atoms with Gasteiger partial charge < -0.3 is 4.74 Å². The topological polar surface area (TPSA) is 22.1 Å². The Labute approximate surface area is 91.4 Å². The van der Waals surface area contributed by atoms with Crippen molar-refractivity contribution in [2.75, 3.05) is 7.11 Å². The van der Waals surface area contributed by atoms with Crippen LogP contribution < -0.4 is 4.74 Å². The molecule has 0 atom stereocenters. The minimum absolute atomic E-state index is 0.534. The second-order valence-electron chi connectivity index (χ2n) is 2.81. The van der Waals surface area contributed by atoms with Crippen LogP contribution in [-0.2, 0) is 0 Å². The maximum Gasteiger partial charge on any atom is 0.221 e. The smallest absolute Gasteiger partial charge is 0.221 e. The van der Waals surface area contributed by atoms with E-state index < -0.39 is 0 Å². The summed E-state index contributed by atoms with van der Waals surface area (Å²) >= 11 is 11.9. The van der Waals surface area contributed by atoms with E-state index >= 15 is 0 Å². The third-order valence-electron chi connectivity index (χ3n) is 1.96. The zero-order valence-corrected chi connectivity index (χ0v) is 8.93. The van der Waals surface area contributed by atoms with Gasteiger partial charge in [0.05, 0.1) is 18.3 Å². The lowest BCUT2D eigenvalue weighted by atomic mass is 10.2. The Morgan fingerprint density at radius 3 is 2.71 bits per heavy atom. The normalized spacial score (nSPS) is 10.5. The Kier molecular flexibility index (Phi) is 2.48. The number of benzene rings is 1. The Hall–Kier alpha value is -0.990. The number of pyridine rings is 1. The maximum absolute atomic E-state index is 5.98. The van der Waals surface area contributed by atoms with Gasteiger partial charge >= 0.3 is 0 Å². The Balaban J connectivity index is 2.85. The molecule has 0 saturated heterocycles. The summed E-state index contributed by atoms with van der Waals surface area (Å²) in [4.78, 5) is 4.05. The van der Waals surface area contributed by atoms with Gasteiger partial charge in [-0.05, 0) is 12.1 Å². The standard InChI is InChI=1S/C10H7Cl2NO/c1-14-10-8-4-6(11)2-3-7(8)9(12)5-13-10/h2-5H,1H3. The van der Waals surface area contributed by atoms with Gasteiger partial charge in [0.25, 0.3) is 0 Å². The van der Waals surface area contributed by atoms with Crippen LogP contribution in [-0.4, -0.2) is 12.1 Å². The fourth-order valence-electron chi connectivity index (χ4n) is 1.32. The molecule has 0 saturated carbocycles. The monoisotopic (exact) mass is 227 g/mol. The molecule has 4 heteroatoms. The molecule has 1 heterocycles. The third kappa shape index (κ3) is 1.51. The predicted octanol–water partition coefficient (Wildman–Crippen LogP) is 3.55. The van der Waals surface area contributed by atoms with E-state index in [-0.39, 0.29) is 0 Å². The number of hydrogen-bond acceptors (Lipinski definition) is 2. The highest BCUT2D eigenvalue weighted by Crippen LogP contribution is 2.30. The summed E-state index contributed by atoms with van der Waals surface area (Å²) in [7, 11) is 1.57. The SMILES string of the molecule is COc1ncc(Cl)c2ccc(Cl)cc12. The number of methoxy groups -OCH3 is 1. The number of aromatic nitrogens is 1. The number of rotatable bonds is 1. The summed E-state index contributed by atoms with van der Waals surface area (Å²) in [6.45, 7) is 0. The van der Waals surface area contributed by atoms with Gasteiger partial charge in [0.2, 0.25) is 5.88 Å². The van der Waals surface area contributed by atoms with E-state index in [0.717, 1.165) is 10.8 Å². The lowest BCUT2D eigenvalue weighted by molar-refractivity contribution is 0.403. The van der Waals surface area contributed by atoms with Crippen molar-refractivity contribution in [1.29, 1.82) is 0 Å². The van der Waals surface area contributed by atoms with Crippen LogP contribution in [0, 0.1) is 0 Å². The van der Waals surface area contributed by atoms with Crippen molar-refractivity contribution in [3.8, 4) is 5.88 Å². The van der Waals surface area contributed by atoms with Gasteiger partial charge in [-0.15, -0.1) is 0 Å². The van der Waals surface area contributed by atoms with Gasteiger partial charge in [0.15, 0.2) is 0 Å². The third-order valence-corrected chi connectivity index (χ3v) is 2.49. The van der Waals surface area contributed by atoms with Crippen molar-refractivity contribution >= 4 is 34.0 Å². The van der Waals surface area contributed by atoms with Crippen LogP contribution in [0.4, 0.5) is 0 Å². The van der Waals surface area contributed by atoms with Crippen LogP contribution in [0.3, 0.4) is 0 Å². The van der Waals surface area contributed by atoms with E-state index in [2.05, 4.69) is 4.98 Å². The summed E-state index contributed by atoms with van der Waals surface area (Å²) in [5.74, 6) is 0.534. The minimum atomic E-state index is 0.534. The van der Waals surface area contributed by atoms with E-state index in [1.165, 1.54) is 0 Å². The number of hydrogen-bond donors (Lipinski definition) is 0. The molecule has 0 aliphatic heterocycles. The average Bonchev–Trinajstić information content (AvgIpc) is 2.18. The number of fused-ring (bicyclic) bond motifs is 1. The van der Waals surface area contributed by atoms with Crippen LogP contribution in [0.25, 0.3) is 10.8 Å². The molecular formula is C10H7Cl2NO. The fourth-order valence-corrected chi connectivity index (χ4v) is 1.70. The number of halogens is 2. The molecular weight excluding hydrogens is 221 g/mol. The van der Waals surface area contributed by atoms with E-state index in [4.69, 9.17) is 27.9 Å². The largest absolute Gasteiger partial charge is 0.481 e. The lowest BCUT2D eigenvalue weighted by Crippen LogP contribution is -1.89. The molecule has 0 aliphatic carbocycles. The molecule has 0 fully saturated rings. The molecule has 0 radical (unpaired) electrons. The van der Waals surface area contributed by atoms with Crippen molar-refractivity contribution in [3.63, 3.8) is 0 Å². The van der Waals surface area contributed by atoms with Gasteiger partial charge in [0.1, 0.15) is 0 Å². The van der Waals surface area contributed by atoms with E-state index in [1.54, 1.807) is 25.4 Å². The summed E-state index contributed by atoms with van der Waals surface area (Å²) in [5.41, 5.74) is 0. The van der Waals surface area contributed by atoms with Gasteiger partial charge in [-0.2, -0.15) is 0 Å². The molecule has 2 aromatic rings. The second kappa shape index (κ2) is 3.64. The summed E-state index contributed by atoms with van der Waals surface area (Å²) in [6.07, 6.45) is 1.57. The first kappa shape index (κ1) is 9.56. The van der Waals surface area contributed by atoms with Crippen LogP contribution in [0.15, 0.2) is 24.4 Å². The zero-order valence-electron chi connectivity index (χ0n) is 7.42. The molecule has 72 valence electrons. The van der Waals surface area contributed by atoms with Crippen molar-refractivity contribution in [1.82, 2.24) is 4.98 Å². The van der Waals surface area contributed by atoms with Crippen LogP contribution in [0.5, 0.6) is 5.88 Å². The Bertz CT molecular complexity index is 485. The van der Waals surface area contributed by atoms with Gasteiger partial charge in [0, 0.05) is 15.8 Å². The van der Waals surface area contributed by atoms with Crippen molar-refractivity contribution in [3.05, 3.63) is 34.4 Å². The van der Waals surface area contributed by atoms with Crippen molar-refractivity contribution < 1.29 is 4.74 Å². The minimum Gasteiger partial charge on any atom is -0.481 e. The average molecular weight is 228 g/mol. The molecule has 1 aromatic carbocycles. The van der Waals surface area contributed by atoms with Crippen molar-refractivity contribution in [2.24, 2.45) is 0 Å². The molecule has 0 amide bonds. The van der Waals surface area contributed by atoms with Crippen molar-refractivity contribution in [2.45, 2.75) is 0 Å². The van der Waals surface area contributed by atoms with Crippen LogP contribution in [0.1, 0.15) is 0 Å². The van der Waals surface area contributed by atoms with Crippen LogP contribution in [0.2, 0.25) is 10.0 Å². The number of ether oxygens (including phenoxy) is 1.